The van der Waals surface area contributed by atoms with Crippen LogP contribution in [-0.4, -0.2) is 24.3 Å². The highest BCUT2D eigenvalue weighted by Gasteiger charge is 2.25. The van der Waals surface area contributed by atoms with Gasteiger partial charge in [-0.05, 0) is 28.6 Å². The Morgan fingerprint density at radius 1 is 1.45 bits per heavy atom. The third-order valence-electron chi connectivity index (χ3n) is 1.38. The fraction of sp³-hybridized carbons (Fsp3) is 0.875. The van der Waals surface area contributed by atoms with Gasteiger partial charge in [-0.1, -0.05) is 14.9 Å². The molecule has 1 rings (SSSR count). The van der Waals surface area contributed by atoms with Crippen molar-refractivity contribution in [3.63, 3.8) is 0 Å². The number of hydrogen-bond acceptors (Lipinski definition) is 1. The van der Waals surface area contributed by atoms with Gasteiger partial charge in [-0.15, -0.1) is 0 Å². The first-order chi connectivity index (χ1) is 4.14. The first kappa shape index (κ1) is 13.5. The van der Waals surface area contributed by atoms with E-state index in [1.54, 1.807) is 0 Å². The summed E-state index contributed by atoms with van der Waals surface area (Å²) in [5, 5.41) is 3.34. The van der Waals surface area contributed by atoms with Crippen LogP contribution in [-0.2, 0) is 0 Å². The van der Waals surface area contributed by atoms with Crippen LogP contribution in [0.4, 0.5) is 0 Å². The molecule has 1 saturated heterocycles. The molecule has 1 fully saturated rings. The zero-order valence-corrected chi connectivity index (χ0v) is 7.15. The molecule has 0 aromatic carbocycles. The minimum atomic E-state index is 0. The lowest BCUT2D eigenvalue weighted by atomic mass is 10.1. The molecule has 1 N–H and O–H groups in total. The Bertz CT molecular complexity index is 141. The van der Waals surface area contributed by atoms with Gasteiger partial charge in [-0.2, -0.15) is 0 Å². The van der Waals surface area contributed by atoms with Gasteiger partial charge in [-0.3, -0.25) is 4.99 Å². The Balaban J connectivity index is 0. The molecular formula is C8H21N2P. The summed E-state index contributed by atoms with van der Waals surface area (Å²) >= 11 is 0. The molecule has 11 heavy (non-hydrogen) atoms. The van der Waals surface area contributed by atoms with Crippen molar-refractivity contribution in [3.05, 3.63) is 0 Å². The van der Waals surface area contributed by atoms with E-state index in [2.05, 4.69) is 24.2 Å². The first-order valence-corrected chi connectivity index (χ1v) is 4.34. The molecule has 0 saturated carbocycles. The van der Waals surface area contributed by atoms with Gasteiger partial charge in [0.15, 0.2) is 0 Å². The van der Waals surface area contributed by atoms with Crippen molar-refractivity contribution in [1.82, 2.24) is 5.32 Å². The van der Waals surface area contributed by atoms with E-state index in [4.69, 9.17) is 0 Å². The van der Waals surface area contributed by atoms with Gasteiger partial charge in [0.1, 0.15) is 5.58 Å². The molecule has 0 aliphatic carbocycles. The minimum Gasteiger partial charge on any atom is -0.365 e. The zero-order chi connectivity index (χ0) is 6.91. The molecule has 1 aliphatic rings. The van der Waals surface area contributed by atoms with Crippen LogP contribution in [0.5, 0.6) is 0 Å². The highest BCUT2D eigenvalue weighted by atomic mass is 31.1. The Morgan fingerprint density at radius 2 is 2.00 bits per heavy atom. The summed E-state index contributed by atoms with van der Waals surface area (Å²) in [6.07, 6.45) is 1.24. The molecule has 0 aromatic rings. The Morgan fingerprint density at radius 3 is 2.18 bits per heavy atom. The van der Waals surface area contributed by atoms with Gasteiger partial charge < -0.3 is 5.32 Å². The molecule has 0 radical (unpaired) electrons. The molecule has 0 bridgehead atoms. The Kier molecular flexibility index (Phi) is 5.78. The SMILES string of the molecule is C.C.CN=C1NC(C)(C)CP1. The van der Waals surface area contributed by atoms with E-state index in [0.717, 1.165) is 8.58 Å². The average Bonchev–Trinajstić information content (AvgIpc) is 2.10. The third-order valence-corrected chi connectivity index (χ3v) is 3.12. The van der Waals surface area contributed by atoms with Crippen LogP contribution in [0.15, 0.2) is 4.99 Å². The molecule has 0 amide bonds. The van der Waals surface area contributed by atoms with Crippen molar-refractivity contribution in [1.29, 1.82) is 0 Å². The highest BCUT2D eigenvalue weighted by Crippen LogP contribution is 2.27. The quantitative estimate of drug-likeness (QED) is 0.563. The number of nitrogens with one attached hydrogen (secondary N) is 1. The minimum absolute atomic E-state index is 0. The van der Waals surface area contributed by atoms with E-state index in [0.29, 0.717) is 5.54 Å². The monoisotopic (exact) mass is 176 g/mol. The van der Waals surface area contributed by atoms with Gasteiger partial charge in [0.25, 0.3) is 0 Å². The largest absolute Gasteiger partial charge is 0.365 e. The topological polar surface area (TPSA) is 24.4 Å². The van der Waals surface area contributed by atoms with Crippen LogP contribution in [0.2, 0.25) is 0 Å². The van der Waals surface area contributed by atoms with Crippen molar-refractivity contribution in [2.75, 3.05) is 13.2 Å². The van der Waals surface area contributed by atoms with E-state index >= 15 is 0 Å². The summed E-state index contributed by atoms with van der Waals surface area (Å²) in [6, 6.07) is 0. The number of rotatable bonds is 0. The predicted octanol–water partition coefficient (Wildman–Crippen LogP) is 2.30. The molecule has 3 heteroatoms. The Labute approximate surface area is 72.7 Å². The van der Waals surface area contributed by atoms with Crippen molar-refractivity contribution in [2.45, 2.75) is 34.2 Å². The number of nitrogens with zero attached hydrogens (tertiary/aromatic N) is 1. The number of hydrogen-bond donors (Lipinski definition) is 1. The maximum Gasteiger partial charge on any atom is 0.116 e. The number of aliphatic imine (C=N–C) groups is 1. The van der Waals surface area contributed by atoms with E-state index in [-0.39, 0.29) is 14.9 Å². The molecule has 2 nitrogen and oxygen atoms in total. The molecule has 1 heterocycles. The lowest BCUT2D eigenvalue weighted by molar-refractivity contribution is 0.536. The maximum atomic E-state index is 4.10. The Hall–Kier alpha value is -0.100. The van der Waals surface area contributed by atoms with E-state index < -0.39 is 0 Å². The lowest BCUT2D eigenvalue weighted by Gasteiger charge is -2.16. The summed E-state index contributed by atoms with van der Waals surface area (Å²) in [5.41, 5.74) is 1.48. The van der Waals surface area contributed by atoms with E-state index in [1.807, 2.05) is 7.05 Å². The van der Waals surface area contributed by atoms with Crippen LogP contribution >= 0.6 is 8.58 Å². The van der Waals surface area contributed by atoms with Gasteiger partial charge in [0.2, 0.25) is 0 Å². The molecule has 1 unspecified atom stereocenters. The molecule has 68 valence electrons. The van der Waals surface area contributed by atoms with Crippen molar-refractivity contribution < 1.29 is 0 Å². The van der Waals surface area contributed by atoms with Gasteiger partial charge >= 0.3 is 0 Å². The predicted molar refractivity (Wildman–Crippen MR) is 57.2 cm³/mol. The number of amidine groups is 1. The van der Waals surface area contributed by atoms with Crippen LogP contribution in [0, 0.1) is 0 Å². The fourth-order valence-electron chi connectivity index (χ4n) is 0.849. The molecular weight excluding hydrogens is 155 g/mol. The second-order valence-corrected chi connectivity index (χ2v) is 4.12. The second-order valence-electron chi connectivity index (χ2n) is 2.93. The van der Waals surface area contributed by atoms with Crippen LogP contribution in [0.25, 0.3) is 0 Å². The van der Waals surface area contributed by atoms with Crippen molar-refractivity contribution in [2.24, 2.45) is 4.99 Å². The molecule has 0 aromatic heterocycles. The average molecular weight is 176 g/mol. The van der Waals surface area contributed by atoms with Crippen molar-refractivity contribution >= 4 is 14.2 Å². The van der Waals surface area contributed by atoms with Crippen LogP contribution < -0.4 is 5.32 Å². The zero-order valence-electron chi connectivity index (χ0n) is 6.15. The van der Waals surface area contributed by atoms with Crippen LogP contribution in [0.1, 0.15) is 28.7 Å². The highest BCUT2D eigenvalue weighted by molar-refractivity contribution is 7.58. The second kappa shape index (κ2) is 4.71. The summed E-state index contributed by atoms with van der Waals surface area (Å²) in [7, 11) is 2.73. The molecule has 1 atom stereocenters. The van der Waals surface area contributed by atoms with Crippen LogP contribution in [0.3, 0.4) is 0 Å². The van der Waals surface area contributed by atoms with Crippen molar-refractivity contribution in [3.8, 4) is 0 Å². The van der Waals surface area contributed by atoms with E-state index in [1.165, 1.54) is 11.7 Å². The summed E-state index contributed by atoms with van der Waals surface area (Å²) in [6.45, 7) is 4.41. The molecule has 0 spiro atoms. The standard InChI is InChI=1S/C6H13N2P.2CH4/c1-6(2)4-9-5(7-3)8-6;;/h9H,4H2,1-3H3,(H,7,8);2*1H4. The van der Waals surface area contributed by atoms with Gasteiger partial charge in [-0.25, -0.2) is 0 Å². The fourth-order valence-corrected chi connectivity index (χ4v) is 2.13. The molecule has 1 aliphatic heterocycles. The third kappa shape index (κ3) is 3.71. The normalized spacial score (nSPS) is 25.5. The van der Waals surface area contributed by atoms with E-state index in [9.17, 15) is 0 Å². The van der Waals surface area contributed by atoms with Gasteiger partial charge in [0.05, 0.1) is 0 Å². The van der Waals surface area contributed by atoms with Gasteiger partial charge in [0, 0.05) is 12.6 Å². The summed E-state index contributed by atoms with van der Waals surface area (Å²) in [4.78, 5) is 4.10. The first-order valence-electron chi connectivity index (χ1n) is 3.13. The lowest BCUT2D eigenvalue weighted by Crippen LogP contribution is -2.36. The maximum absolute atomic E-state index is 4.10. The summed E-state index contributed by atoms with van der Waals surface area (Å²) < 4.78 is 0. The summed E-state index contributed by atoms with van der Waals surface area (Å²) in [5.74, 6) is 0. The smallest absolute Gasteiger partial charge is 0.116 e.